The fraction of sp³-hybridized carbons (Fsp3) is 0.357. The van der Waals surface area contributed by atoms with E-state index in [2.05, 4.69) is 0 Å². The SMILES string of the molecule is COc1ccc(COC(=O)N[C@@H](CCC(=O)[O-])C(=O)[O-])cc1.[Na+].[Na+]. The number of alkyl carbamates (subject to hydrolysis) is 1. The van der Waals surface area contributed by atoms with Crippen LogP contribution in [0.4, 0.5) is 4.79 Å². The van der Waals surface area contributed by atoms with E-state index in [0.29, 0.717) is 11.3 Å². The minimum Gasteiger partial charge on any atom is -0.550 e. The molecule has 1 amide bonds. The molecule has 0 bridgehead atoms. The second-order valence-corrected chi connectivity index (χ2v) is 4.35. The van der Waals surface area contributed by atoms with E-state index in [0.717, 1.165) is 0 Å². The summed E-state index contributed by atoms with van der Waals surface area (Å²) < 4.78 is 9.82. The Labute approximate surface area is 183 Å². The van der Waals surface area contributed by atoms with E-state index in [1.165, 1.54) is 7.11 Å². The normalized spacial score (nSPS) is 10.4. The predicted octanol–water partition coefficient (Wildman–Crippen LogP) is -7.42. The van der Waals surface area contributed by atoms with Crippen molar-refractivity contribution in [2.24, 2.45) is 0 Å². The molecule has 0 aliphatic carbocycles. The summed E-state index contributed by atoms with van der Waals surface area (Å²) in [6.07, 6.45) is -1.84. The van der Waals surface area contributed by atoms with E-state index in [4.69, 9.17) is 9.47 Å². The molecule has 0 heterocycles. The van der Waals surface area contributed by atoms with Crippen LogP contribution >= 0.6 is 0 Å². The summed E-state index contributed by atoms with van der Waals surface area (Å²) in [5.41, 5.74) is 0.677. The quantitative estimate of drug-likeness (QED) is 0.459. The first-order chi connectivity index (χ1) is 10.4. The number of carbonyl (C=O) groups excluding carboxylic acids is 3. The van der Waals surface area contributed by atoms with Crippen LogP contribution in [0, 0.1) is 0 Å². The Bertz CT molecular complexity index is 536. The van der Waals surface area contributed by atoms with Gasteiger partial charge in [0.2, 0.25) is 0 Å². The summed E-state index contributed by atoms with van der Waals surface area (Å²) in [6.45, 7) is -0.0733. The van der Waals surface area contributed by atoms with Crippen molar-refractivity contribution in [2.75, 3.05) is 7.11 Å². The first-order valence-corrected chi connectivity index (χ1v) is 6.39. The first kappa shape index (κ1) is 25.5. The Morgan fingerprint density at radius 1 is 1.12 bits per heavy atom. The number of rotatable bonds is 8. The molecule has 0 aromatic heterocycles. The molecule has 0 aliphatic rings. The van der Waals surface area contributed by atoms with Crippen molar-refractivity contribution in [1.82, 2.24) is 5.32 Å². The van der Waals surface area contributed by atoms with Gasteiger partial charge in [-0.25, -0.2) is 4.79 Å². The summed E-state index contributed by atoms with van der Waals surface area (Å²) in [6, 6.07) is 5.26. The number of amides is 1. The van der Waals surface area contributed by atoms with Gasteiger partial charge in [-0.1, -0.05) is 12.1 Å². The van der Waals surface area contributed by atoms with Crippen LogP contribution in [0.5, 0.6) is 5.75 Å². The van der Waals surface area contributed by atoms with Gasteiger partial charge in [-0.05, 0) is 30.5 Å². The number of hydrogen-bond acceptors (Lipinski definition) is 7. The third-order valence-electron chi connectivity index (χ3n) is 2.74. The number of methoxy groups -OCH3 is 1. The molecular weight excluding hydrogens is 340 g/mol. The zero-order valence-electron chi connectivity index (χ0n) is 13.9. The van der Waals surface area contributed by atoms with Gasteiger partial charge in [0.15, 0.2) is 0 Å². The van der Waals surface area contributed by atoms with E-state index in [1.54, 1.807) is 24.3 Å². The fourth-order valence-electron chi connectivity index (χ4n) is 1.57. The molecule has 24 heavy (non-hydrogen) atoms. The first-order valence-electron chi connectivity index (χ1n) is 6.39. The maximum Gasteiger partial charge on any atom is 1.00 e. The molecule has 0 radical (unpaired) electrons. The molecule has 10 heteroatoms. The average molecular weight is 355 g/mol. The molecule has 0 saturated carbocycles. The van der Waals surface area contributed by atoms with Crippen molar-refractivity contribution in [2.45, 2.75) is 25.5 Å². The summed E-state index contributed by atoms with van der Waals surface area (Å²) >= 11 is 0. The molecule has 1 aromatic carbocycles. The van der Waals surface area contributed by atoms with Crippen LogP contribution in [0.3, 0.4) is 0 Å². The summed E-state index contributed by atoms with van der Waals surface area (Å²) in [4.78, 5) is 32.6. The van der Waals surface area contributed by atoms with Crippen molar-refractivity contribution in [3.05, 3.63) is 29.8 Å². The molecule has 1 atom stereocenters. The van der Waals surface area contributed by atoms with Gasteiger partial charge in [0, 0.05) is 5.97 Å². The second-order valence-electron chi connectivity index (χ2n) is 4.35. The van der Waals surface area contributed by atoms with E-state index in [9.17, 15) is 24.6 Å². The molecular formula is C14H15NNa2O7. The zero-order valence-corrected chi connectivity index (χ0v) is 17.9. The van der Waals surface area contributed by atoms with Crippen LogP contribution in [0.25, 0.3) is 0 Å². The number of carbonyl (C=O) groups is 3. The van der Waals surface area contributed by atoms with Crippen molar-refractivity contribution in [3.63, 3.8) is 0 Å². The number of benzene rings is 1. The average Bonchev–Trinajstić information content (AvgIpc) is 2.49. The summed E-state index contributed by atoms with van der Waals surface area (Å²) in [7, 11) is 1.52. The number of aliphatic carboxylic acids is 2. The van der Waals surface area contributed by atoms with Gasteiger partial charge >= 0.3 is 65.2 Å². The van der Waals surface area contributed by atoms with Crippen LogP contribution in [0.15, 0.2) is 24.3 Å². The Morgan fingerprint density at radius 2 is 1.71 bits per heavy atom. The van der Waals surface area contributed by atoms with Gasteiger partial charge in [-0.3, -0.25) is 0 Å². The Hall–Kier alpha value is -0.770. The standard InChI is InChI=1S/C14H17NO7.2Na/c1-21-10-4-2-9(3-5-10)8-22-14(20)15-11(13(18)19)6-7-12(16)17;;/h2-5,11H,6-8H2,1H3,(H,15,20)(H,16,17)(H,18,19);;/q;2*+1/p-2/t11-;;/m0../s1. The van der Waals surface area contributed by atoms with Crippen LogP contribution in [-0.2, 0) is 20.9 Å². The third kappa shape index (κ3) is 10.2. The van der Waals surface area contributed by atoms with E-state index < -0.39 is 30.5 Å². The molecule has 0 unspecified atom stereocenters. The third-order valence-corrected chi connectivity index (χ3v) is 2.74. The maximum atomic E-state index is 11.5. The van der Waals surface area contributed by atoms with Gasteiger partial charge in [-0.15, -0.1) is 0 Å². The van der Waals surface area contributed by atoms with Crippen molar-refractivity contribution in [1.29, 1.82) is 0 Å². The Kier molecular flexibility index (Phi) is 14.3. The van der Waals surface area contributed by atoms with E-state index >= 15 is 0 Å². The van der Waals surface area contributed by atoms with Crippen LogP contribution < -0.4 is 79.4 Å². The minimum atomic E-state index is -1.59. The predicted molar refractivity (Wildman–Crippen MR) is 69.4 cm³/mol. The van der Waals surface area contributed by atoms with Crippen LogP contribution in [0.1, 0.15) is 18.4 Å². The molecule has 1 aromatic rings. The molecule has 0 fully saturated rings. The number of ether oxygens (including phenoxy) is 2. The van der Waals surface area contributed by atoms with Crippen molar-refractivity contribution < 1.29 is 93.2 Å². The summed E-state index contributed by atoms with van der Waals surface area (Å²) in [5.74, 6) is -2.37. The number of nitrogens with one attached hydrogen (secondary N) is 1. The fourth-order valence-corrected chi connectivity index (χ4v) is 1.57. The number of carboxylic acid groups (broad SMARTS) is 2. The topological polar surface area (TPSA) is 128 Å². The van der Waals surface area contributed by atoms with Crippen molar-refractivity contribution >= 4 is 18.0 Å². The van der Waals surface area contributed by atoms with E-state index in [1.807, 2.05) is 5.32 Å². The maximum absolute atomic E-state index is 11.5. The van der Waals surface area contributed by atoms with Gasteiger partial charge in [0.05, 0.1) is 19.1 Å². The largest absolute Gasteiger partial charge is 1.00 e. The molecule has 0 aliphatic heterocycles. The molecule has 1 N–H and O–H groups in total. The van der Waals surface area contributed by atoms with E-state index in [-0.39, 0.29) is 72.1 Å². The van der Waals surface area contributed by atoms with Gasteiger partial charge in [-0.2, -0.15) is 0 Å². The summed E-state index contributed by atoms with van der Waals surface area (Å²) in [5, 5.41) is 23.1. The van der Waals surface area contributed by atoms with Gasteiger partial charge in [0.1, 0.15) is 12.4 Å². The molecule has 0 saturated heterocycles. The molecule has 8 nitrogen and oxygen atoms in total. The Balaban J connectivity index is 0. The van der Waals surface area contributed by atoms with Crippen LogP contribution in [-0.4, -0.2) is 31.2 Å². The van der Waals surface area contributed by atoms with Crippen LogP contribution in [0.2, 0.25) is 0 Å². The molecule has 1 rings (SSSR count). The molecule has 120 valence electrons. The second kappa shape index (κ2) is 13.5. The number of hydrogen-bond donors (Lipinski definition) is 1. The smallest absolute Gasteiger partial charge is 0.550 e. The minimum absolute atomic E-state index is 0. The van der Waals surface area contributed by atoms with Gasteiger partial charge in [0.25, 0.3) is 0 Å². The number of carboxylic acids is 2. The zero-order chi connectivity index (χ0) is 16.5. The monoisotopic (exact) mass is 355 g/mol. The molecule has 0 spiro atoms. The van der Waals surface area contributed by atoms with Gasteiger partial charge < -0.3 is 34.6 Å². The Morgan fingerprint density at radius 3 is 2.17 bits per heavy atom. The van der Waals surface area contributed by atoms with Crippen molar-refractivity contribution in [3.8, 4) is 5.75 Å².